The van der Waals surface area contributed by atoms with Crippen molar-refractivity contribution in [3.8, 4) is 0 Å². The fraction of sp³-hybridized carbons (Fsp3) is 0.750. The zero-order chi connectivity index (χ0) is 15.0. The summed E-state index contributed by atoms with van der Waals surface area (Å²) in [5.74, 6) is -1.83. The first-order valence-corrected chi connectivity index (χ1v) is 6.64. The Kier molecular flexibility index (Phi) is 6.96. The smallest absolute Gasteiger partial charge is 0.329 e. The van der Waals surface area contributed by atoms with Crippen molar-refractivity contribution in [2.24, 2.45) is 0 Å². The molecule has 0 aromatic heterocycles. The molecule has 1 saturated carbocycles. The quantitative estimate of drug-likeness (QED) is 0.522. The molecule has 3 N–H and O–H groups in total. The zero-order valence-electron chi connectivity index (χ0n) is 11.6. The monoisotopic (exact) mass is 287 g/mol. The predicted octanol–water partition coefficient (Wildman–Crippen LogP) is -0.602. The first kappa shape index (κ1) is 16.4. The highest BCUT2D eigenvalue weighted by Gasteiger charge is 2.27. The van der Waals surface area contributed by atoms with Gasteiger partial charge in [-0.25, -0.2) is 9.59 Å². The van der Waals surface area contributed by atoms with Gasteiger partial charge in [0.05, 0.1) is 0 Å². The summed E-state index contributed by atoms with van der Waals surface area (Å²) in [5.41, 5.74) is 0. The number of carboxylic acids is 1. The van der Waals surface area contributed by atoms with Crippen LogP contribution in [0.3, 0.4) is 0 Å². The summed E-state index contributed by atoms with van der Waals surface area (Å²) >= 11 is 0. The van der Waals surface area contributed by atoms with Crippen molar-refractivity contribution in [2.75, 3.05) is 32.8 Å². The lowest BCUT2D eigenvalue weighted by atomic mass is 10.4. The lowest BCUT2D eigenvalue weighted by molar-refractivity contribution is -0.143. The van der Waals surface area contributed by atoms with Crippen LogP contribution in [0.2, 0.25) is 0 Å². The molecule has 1 fully saturated rings. The van der Waals surface area contributed by atoms with Gasteiger partial charge in [0.15, 0.2) is 0 Å². The van der Waals surface area contributed by atoms with E-state index in [0.29, 0.717) is 12.6 Å². The van der Waals surface area contributed by atoms with Crippen LogP contribution in [-0.4, -0.2) is 66.8 Å². The molecule has 1 aliphatic rings. The Hall–Kier alpha value is -1.67. The number of nitrogens with zero attached hydrogens (tertiary/aromatic N) is 1. The van der Waals surface area contributed by atoms with E-state index in [9.17, 15) is 14.4 Å². The Bertz CT molecular complexity index is 357. The minimum Gasteiger partial charge on any atom is -0.480 e. The Labute approximate surface area is 117 Å². The molecular weight excluding hydrogens is 266 g/mol. The number of ether oxygens (including phenoxy) is 1. The van der Waals surface area contributed by atoms with Gasteiger partial charge in [0, 0.05) is 19.1 Å². The fourth-order valence-corrected chi connectivity index (χ4v) is 1.79. The second-order valence-corrected chi connectivity index (χ2v) is 4.55. The van der Waals surface area contributed by atoms with Gasteiger partial charge in [0.2, 0.25) is 0 Å². The molecule has 0 radical (unpaired) electrons. The fourth-order valence-electron chi connectivity index (χ4n) is 1.79. The average Bonchev–Trinajstić information content (AvgIpc) is 3.18. The molecule has 0 saturated heterocycles. The van der Waals surface area contributed by atoms with Gasteiger partial charge in [-0.05, 0) is 19.4 Å². The normalized spacial score (nSPS) is 14.1. The SMILES string of the molecule is CCN(CCNC(=O)NC(=O)COCC(=O)O)C1CC1. The summed E-state index contributed by atoms with van der Waals surface area (Å²) in [6.45, 7) is 3.19. The summed E-state index contributed by atoms with van der Waals surface area (Å²) < 4.78 is 4.56. The van der Waals surface area contributed by atoms with Gasteiger partial charge in [-0.1, -0.05) is 6.92 Å². The highest BCUT2D eigenvalue weighted by molar-refractivity contribution is 5.94. The number of likely N-dealkylation sites (N-methyl/N-ethyl adjacent to an activating group) is 1. The Morgan fingerprint density at radius 3 is 2.55 bits per heavy atom. The Morgan fingerprint density at radius 2 is 2.00 bits per heavy atom. The third-order valence-electron chi connectivity index (χ3n) is 2.87. The molecule has 8 heteroatoms. The number of amides is 3. The van der Waals surface area contributed by atoms with Crippen LogP contribution in [0.25, 0.3) is 0 Å². The average molecular weight is 287 g/mol. The van der Waals surface area contributed by atoms with E-state index in [-0.39, 0.29) is 0 Å². The molecule has 1 aliphatic carbocycles. The van der Waals surface area contributed by atoms with Crippen molar-refractivity contribution in [1.82, 2.24) is 15.5 Å². The Balaban J connectivity index is 2.06. The molecule has 0 unspecified atom stereocenters. The van der Waals surface area contributed by atoms with E-state index in [4.69, 9.17) is 5.11 Å². The van der Waals surface area contributed by atoms with Crippen molar-refractivity contribution in [2.45, 2.75) is 25.8 Å². The van der Waals surface area contributed by atoms with Gasteiger partial charge in [-0.15, -0.1) is 0 Å². The van der Waals surface area contributed by atoms with Gasteiger partial charge in [0.1, 0.15) is 13.2 Å². The van der Waals surface area contributed by atoms with Crippen LogP contribution >= 0.6 is 0 Å². The van der Waals surface area contributed by atoms with Gasteiger partial charge in [0.25, 0.3) is 5.91 Å². The number of imide groups is 1. The van der Waals surface area contributed by atoms with E-state index >= 15 is 0 Å². The molecule has 3 amide bonds. The number of hydrogen-bond donors (Lipinski definition) is 3. The topological polar surface area (TPSA) is 108 Å². The van der Waals surface area contributed by atoms with Crippen LogP contribution in [0, 0.1) is 0 Å². The first-order valence-electron chi connectivity index (χ1n) is 6.64. The number of urea groups is 1. The van der Waals surface area contributed by atoms with E-state index in [0.717, 1.165) is 13.1 Å². The molecule has 114 valence electrons. The van der Waals surface area contributed by atoms with E-state index < -0.39 is 31.1 Å². The summed E-state index contributed by atoms with van der Waals surface area (Å²) in [6.07, 6.45) is 2.42. The summed E-state index contributed by atoms with van der Waals surface area (Å²) in [5, 5.41) is 12.9. The number of carbonyl (C=O) groups is 3. The minimum absolute atomic E-state index is 0.455. The summed E-state index contributed by atoms with van der Waals surface area (Å²) in [6, 6.07) is 0.0386. The molecule has 8 nitrogen and oxygen atoms in total. The van der Waals surface area contributed by atoms with Crippen molar-refractivity contribution in [3.63, 3.8) is 0 Å². The molecule has 0 atom stereocenters. The van der Waals surface area contributed by atoms with E-state index in [1.807, 2.05) is 0 Å². The number of nitrogens with one attached hydrogen (secondary N) is 2. The number of rotatable bonds is 9. The molecule has 0 aromatic rings. The first-order chi connectivity index (χ1) is 9.52. The lowest BCUT2D eigenvalue weighted by Gasteiger charge is -2.19. The maximum Gasteiger partial charge on any atom is 0.329 e. The second-order valence-electron chi connectivity index (χ2n) is 4.55. The predicted molar refractivity (Wildman–Crippen MR) is 70.3 cm³/mol. The van der Waals surface area contributed by atoms with Gasteiger partial charge < -0.3 is 15.2 Å². The molecule has 0 aromatic carbocycles. The third kappa shape index (κ3) is 7.05. The van der Waals surface area contributed by atoms with Crippen LogP contribution in [0.5, 0.6) is 0 Å². The van der Waals surface area contributed by atoms with E-state index in [1.165, 1.54) is 12.8 Å². The van der Waals surface area contributed by atoms with Gasteiger partial charge in [-0.3, -0.25) is 15.0 Å². The summed E-state index contributed by atoms with van der Waals surface area (Å²) in [7, 11) is 0. The van der Waals surface area contributed by atoms with Crippen LogP contribution in [0.15, 0.2) is 0 Å². The van der Waals surface area contributed by atoms with Crippen LogP contribution in [0.1, 0.15) is 19.8 Å². The largest absolute Gasteiger partial charge is 0.480 e. The molecule has 0 aliphatic heterocycles. The van der Waals surface area contributed by atoms with Crippen molar-refractivity contribution in [3.05, 3.63) is 0 Å². The Morgan fingerprint density at radius 1 is 1.30 bits per heavy atom. The number of aliphatic carboxylic acids is 1. The van der Waals surface area contributed by atoms with Gasteiger partial charge in [-0.2, -0.15) is 0 Å². The number of hydrogen-bond acceptors (Lipinski definition) is 5. The molecule has 0 spiro atoms. The molecule has 0 bridgehead atoms. The van der Waals surface area contributed by atoms with Crippen molar-refractivity contribution in [1.29, 1.82) is 0 Å². The molecular formula is C12H21N3O5. The number of carbonyl (C=O) groups excluding carboxylic acids is 2. The molecule has 1 rings (SSSR count). The van der Waals surface area contributed by atoms with Crippen molar-refractivity contribution >= 4 is 17.9 Å². The zero-order valence-corrected chi connectivity index (χ0v) is 11.6. The highest BCUT2D eigenvalue weighted by atomic mass is 16.5. The number of carboxylic acid groups (broad SMARTS) is 1. The van der Waals surface area contributed by atoms with Gasteiger partial charge >= 0.3 is 12.0 Å². The van der Waals surface area contributed by atoms with E-state index in [2.05, 4.69) is 27.2 Å². The molecule has 0 heterocycles. The van der Waals surface area contributed by atoms with Crippen LogP contribution in [0.4, 0.5) is 4.79 Å². The minimum atomic E-state index is -1.16. The standard InChI is InChI=1S/C12H21N3O5/c1-2-15(9-3-4-9)6-5-13-12(19)14-10(16)7-20-8-11(17)18/h9H,2-8H2,1H3,(H,17,18)(H2,13,14,16,19). The van der Waals surface area contributed by atoms with Crippen molar-refractivity contribution < 1.29 is 24.2 Å². The highest BCUT2D eigenvalue weighted by Crippen LogP contribution is 2.25. The van der Waals surface area contributed by atoms with Crippen LogP contribution < -0.4 is 10.6 Å². The van der Waals surface area contributed by atoms with E-state index in [1.54, 1.807) is 0 Å². The maximum absolute atomic E-state index is 11.4. The lowest BCUT2D eigenvalue weighted by Crippen LogP contribution is -2.44. The van der Waals surface area contributed by atoms with Crippen LogP contribution in [-0.2, 0) is 14.3 Å². The second kappa shape index (κ2) is 8.49. The maximum atomic E-state index is 11.4. The third-order valence-corrected chi connectivity index (χ3v) is 2.87. The molecule has 20 heavy (non-hydrogen) atoms. The summed E-state index contributed by atoms with van der Waals surface area (Å²) in [4.78, 5) is 35.0.